The van der Waals surface area contributed by atoms with Crippen LogP contribution in [0, 0.1) is 11.3 Å². The van der Waals surface area contributed by atoms with Crippen LogP contribution in [-0.4, -0.2) is 28.1 Å². The number of hydrogen-bond donors (Lipinski definition) is 2. The van der Waals surface area contributed by atoms with Crippen LogP contribution >= 0.6 is 11.3 Å². The quantitative estimate of drug-likeness (QED) is 0.723. The van der Waals surface area contributed by atoms with Gasteiger partial charge in [-0.25, -0.2) is 13.1 Å². The van der Waals surface area contributed by atoms with Gasteiger partial charge in [-0.1, -0.05) is 20.8 Å². The Morgan fingerprint density at radius 3 is 2.70 bits per heavy atom. The van der Waals surface area contributed by atoms with E-state index in [0.29, 0.717) is 22.1 Å². The highest BCUT2D eigenvalue weighted by molar-refractivity contribution is 7.91. The lowest BCUT2D eigenvalue weighted by molar-refractivity contribution is 0.538. The molecule has 0 aliphatic heterocycles. The number of hydrogen-bond acceptors (Lipinski definition) is 4. The van der Waals surface area contributed by atoms with Crippen LogP contribution in [0.15, 0.2) is 16.3 Å². The van der Waals surface area contributed by atoms with Gasteiger partial charge in [0, 0.05) is 11.4 Å². The summed E-state index contributed by atoms with van der Waals surface area (Å²) >= 11 is 1.37. The summed E-state index contributed by atoms with van der Waals surface area (Å²) in [6.45, 7) is 8.80. The molecular weight excluding hydrogens is 292 g/mol. The number of rotatable bonds is 8. The standard InChI is InChI=1S/C14H24N2O2S2/c1-4-15-8-7-12-5-6-13(19-12)20(17,18)16-10-11-9-14(11,2)3/h5-6,11,15-16H,4,7-10H2,1-3H3. The second kappa shape index (κ2) is 6.13. The van der Waals surface area contributed by atoms with Crippen molar-refractivity contribution in [3.8, 4) is 0 Å². The van der Waals surface area contributed by atoms with Crippen LogP contribution in [0.25, 0.3) is 0 Å². The lowest BCUT2D eigenvalue weighted by Gasteiger charge is -2.06. The van der Waals surface area contributed by atoms with Crippen LogP contribution in [-0.2, 0) is 16.4 Å². The van der Waals surface area contributed by atoms with E-state index in [0.717, 1.165) is 30.8 Å². The maximum atomic E-state index is 12.2. The second-order valence-corrected chi connectivity index (χ2v) is 9.23. The number of thiophene rings is 1. The third-order valence-electron chi connectivity index (χ3n) is 3.94. The highest BCUT2D eigenvalue weighted by Crippen LogP contribution is 2.51. The zero-order chi connectivity index (χ0) is 14.8. The Bertz CT molecular complexity index is 549. The summed E-state index contributed by atoms with van der Waals surface area (Å²) in [5, 5.41) is 3.24. The van der Waals surface area contributed by atoms with E-state index in [1.165, 1.54) is 11.3 Å². The van der Waals surface area contributed by atoms with E-state index in [2.05, 4.69) is 30.8 Å². The van der Waals surface area contributed by atoms with Crippen molar-refractivity contribution in [2.45, 2.75) is 37.8 Å². The molecule has 0 radical (unpaired) electrons. The molecule has 1 aromatic rings. The van der Waals surface area contributed by atoms with E-state index >= 15 is 0 Å². The van der Waals surface area contributed by atoms with E-state index in [1.54, 1.807) is 6.07 Å². The normalized spacial score (nSPS) is 21.1. The SMILES string of the molecule is CCNCCc1ccc(S(=O)(=O)NCC2CC2(C)C)s1. The van der Waals surface area contributed by atoms with Gasteiger partial charge in [0.15, 0.2) is 0 Å². The number of nitrogens with one attached hydrogen (secondary N) is 2. The topological polar surface area (TPSA) is 58.2 Å². The Morgan fingerprint density at radius 1 is 1.40 bits per heavy atom. The predicted molar refractivity (Wildman–Crippen MR) is 83.6 cm³/mol. The van der Waals surface area contributed by atoms with E-state index in [9.17, 15) is 8.42 Å². The Labute approximate surface area is 126 Å². The van der Waals surface area contributed by atoms with Crippen molar-refractivity contribution in [1.29, 1.82) is 0 Å². The van der Waals surface area contributed by atoms with E-state index < -0.39 is 10.0 Å². The summed E-state index contributed by atoms with van der Waals surface area (Å²) in [4.78, 5) is 1.11. The maximum Gasteiger partial charge on any atom is 0.250 e. The molecule has 1 unspecified atom stereocenters. The molecule has 1 saturated carbocycles. The van der Waals surface area contributed by atoms with E-state index in [4.69, 9.17) is 0 Å². The Kier molecular flexibility index (Phi) is 4.89. The van der Waals surface area contributed by atoms with Gasteiger partial charge < -0.3 is 5.32 Å². The lowest BCUT2D eigenvalue weighted by Crippen LogP contribution is -2.26. The van der Waals surface area contributed by atoms with Crippen molar-refractivity contribution in [3.63, 3.8) is 0 Å². The highest BCUT2D eigenvalue weighted by Gasteiger charge is 2.45. The Morgan fingerprint density at radius 2 is 2.10 bits per heavy atom. The summed E-state index contributed by atoms with van der Waals surface area (Å²) in [7, 11) is -3.33. The lowest BCUT2D eigenvalue weighted by atomic mass is 10.1. The third kappa shape index (κ3) is 4.04. The molecule has 0 spiro atoms. The van der Waals surface area contributed by atoms with Crippen LogP contribution in [0.5, 0.6) is 0 Å². The van der Waals surface area contributed by atoms with Crippen molar-refractivity contribution < 1.29 is 8.42 Å². The monoisotopic (exact) mass is 316 g/mol. The first-order valence-electron chi connectivity index (χ1n) is 7.14. The van der Waals surface area contributed by atoms with Gasteiger partial charge in [0.05, 0.1) is 0 Å². The largest absolute Gasteiger partial charge is 0.317 e. The number of sulfonamides is 1. The van der Waals surface area contributed by atoms with Gasteiger partial charge in [0.1, 0.15) is 4.21 Å². The summed E-state index contributed by atoms with van der Waals surface area (Å²) in [6.07, 6.45) is 1.98. The molecule has 1 aliphatic carbocycles. The molecule has 6 heteroatoms. The molecule has 114 valence electrons. The van der Waals surface area contributed by atoms with Gasteiger partial charge >= 0.3 is 0 Å². The molecule has 0 saturated heterocycles. The zero-order valence-electron chi connectivity index (χ0n) is 12.4. The van der Waals surface area contributed by atoms with Crippen LogP contribution in [0.2, 0.25) is 0 Å². The predicted octanol–water partition coefficient (Wildman–Crippen LogP) is 2.22. The average molecular weight is 316 g/mol. The first kappa shape index (κ1) is 15.9. The van der Waals surface area contributed by atoms with Crippen LogP contribution in [0.1, 0.15) is 32.1 Å². The average Bonchev–Trinajstić information content (AvgIpc) is 2.77. The summed E-state index contributed by atoms with van der Waals surface area (Å²) < 4.78 is 27.6. The molecule has 0 amide bonds. The van der Waals surface area contributed by atoms with Crippen molar-refractivity contribution >= 4 is 21.4 Å². The van der Waals surface area contributed by atoms with Crippen molar-refractivity contribution in [2.75, 3.05) is 19.6 Å². The van der Waals surface area contributed by atoms with Crippen molar-refractivity contribution in [3.05, 3.63) is 17.0 Å². The van der Waals surface area contributed by atoms with Gasteiger partial charge in [-0.3, -0.25) is 0 Å². The van der Waals surface area contributed by atoms with Gasteiger partial charge in [-0.05, 0) is 49.4 Å². The molecule has 0 bridgehead atoms. The molecule has 1 heterocycles. The molecular formula is C14H24N2O2S2. The van der Waals surface area contributed by atoms with Crippen molar-refractivity contribution in [2.24, 2.45) is 11.3 Å². The molecule has 1 atom stereocenters. The van der Waals surface area contributed by atoms with Gasteiger partial charge in [-0.2, -0.15) is 0 Å². The fourth-order valence-electron chi connectivity index (χ4n) is 2.23. The molecule has 0 aromatic carbocycles. The van der Waals surface area contributed by atoms with Gasteiger partial charge in [0.2, 0.25) is 10.0 Å². The molecule has 2 rings (SSSR count). The summed E-state index contributed by atoms with van der Waals surface area (Å²) in [5.74, 6) is 0.477. The molecule has 1 fully saturated rings. The zero-order valence-corrected chi connectivity index (χ0v) is 14.0. The molecule has 2 N–H and O–H groups in total. The minimum Gasteiger partial charge on any atom is -0.317 e. The van der Waals surface area contributed by atoms with Gasteiger partial charge in [0.25, 0.3) is 0 Å². The Hall–Kier alpha value is -0.430. The maximum absolute atomic E-state index is 12.2. The van der Waals surface area contributed by atoms with Crippen LogP contribution in [0.4, 0.5) is 0 Å². The fraction of sp³-hybridized carbons (Fsp3) is 0.714. The molecule has 1 aromatic heterocycles. The molecule has 20 heavy (non-hydrogen) atoms. The second-order valence-electron chi connectivity index (χ2n) is 6.07. The Balaban J connectivity index is 1.89. The molecule has 4 nitrogen and oxygen atoms in total. The minimum atomic E-state index is -3.33. The first-order chi connectivity index (χ1) is 9.35. The van der Waals surface area contributed by atoms with E-state index in [-0.39, 0.29) is 0 Å². The van der Waals surface area contributed by atoms with Crippen molar-refractivity contribution in [1.82, 2.24) is 10.0 Å². The van der Waals surface area contributed by atoms with Crippen LogP contribution in [0.3, 0.4) is 0 Å². The summed E-state index contributed by atoms with van der Waals surface area (Å²) in [6, 6.07) is 3.63. The highest BCUT2D eigenvalue weighted by atomic mass is 32.2. The fourth-order valence-corrected chi connectivity index (χ4v) is 4.71. The smallest absolute Gasteiger partial charge is 0.250 e. The third-order valence-corrected chi connectivity index (χ3v) is 7.00. The summed E-state index contributed by atoms with van der Waals surface area (Å²) in [5.41, 5.74) is 0.301. The van der Waals surface area contributed by atoms with Gasteiger partial charge in [-0.15, -0.1) is 11.3 Å². The molecule has 1 aliphatic rings. The van der Waals surface area contributed by atoms with Crippen LogP contribution < -0.4 is 10.0 Å². The minimum absolute atomic E-state index is 0.301. The van der Waals surface area contributed by atoms with E-state index in [1.807, 2.05) is 6.07 Å². The first-order valence-corrected chi connectivity index (χ1v) is 9.44. The number of likely N-dealkylation sites (N-methyl/N-ethyl adjacent to an activating group) is 1.